The number of pyridine rings is 1. The molecule has 0 aliphatic carbocycles. The molecule has 3 heterocycles. The first-order valence-corrected chi connectivity index (χ1v) is 13.3. The van der Waals surface area contributed by atoms with Crippen LogP contribution in [0.2, 0.25) is 5.02 Å². The normalized spacial score (nSPS) is 15.5. The van der Waals surface area contributed by atoms with E-state index >= 15 is 0 Å². The van der Waals surface area contributed by atoms with E-state index in [0.29, 0.717) is 23.0 Å². The van der Waals surface area contributed by atoms with Crippen LogP contribution in [0.25, 0.3) is 10.6 Å². The van der Waals surface area contributed by atoms with Gasteiger partial charge in [0, 0.05) is 35.1 Å². The van der Waals surface area contributed by atoms with Crippen LogP contribution in [-0.4, -0.2) is 35.6 Å². The first-order chi connectivity index (χ1) is 15.9. The zero-order valence-electron chi connectivity index (χ0n) is 18.1. The van der Waals surface area contributed by atoms with Gasteiger partial charge in [-0.3, -0.25) is 9.71 Å². The van der Waals surface area contributed by atoms with E-state index in [1.165, 1.54) is 22.4 Å². The van der Waals surface area contributed by atoms with Crippen molar-refractivity contribution in [1.29, 1.82) is 0 Å². The fourth-order valence-electron chi connectivity index (χ4n) is 3.49. The third-order valence-corrected chi connectivity index (χ3v) is 7.02. The summed E-state index contributed by atoms with van der Waals surface area (Å²) in [6.45, 7) is 2.47. The Labute approximate surface area is 204 Å². The molecule has 6 nitrogen and oxygen atoms in total. The highest BCUT2D eigenvalue weighted by Gasteiger charge is 2.32. The second-order valence-corrected chi connectivity index (χ2v) is 11.0. The molecule has 0 spiro atoms. The fraction of sp³-hybridized carbons (Fsp3) is 0.273. The van der Waals surface area contributed by atoms with E-state index in [-0.39, 0.29) is 10.7 Å². The molecule has 0 unspecified atom stereocenters. The number of thioether (sulfide) groups is 1. The SMILES string of the molecule is Cc1cc(NS(C)(=O)=O)ccc1C1=NCCCC=C(c2cn3cc(C(F)(F)F)cc(Cl)c3n2)S1. The molecule has 0 saturated heterocycles. The molecule has 1 aromatic carbocycles. The van der Waals surface area contributed by atoms with Crippen LogP contribution in [0.3, 0.4) is 0 Å². The maximum Gasteiger partial charge on any atom is 0.417 e. The quantitative estimate of drug-likeness (QED) is 0.450. The highest BCUT2D eigenvalue weighted by atomic mass is 35.5. The number of allylic oxidation sites excluding steroid dienone is 1. The van der Waals surface area contributed by atoms with Gasteiger partial charge in [-0.15, -0.1) is 0 Å². The van der Waals surface area contributed by atoms with E-state index in [9.17, 15) is 21.6 Å². The van der Waals surface area contributed by atoms with Crippen molar-refractivity contribution in [3.63, 3.8) is 0 Å². The summed E-state index contributed by atoms with van der Waals surface area (Å²) in [6.07, 6.45) is 2.60. The van der Waals surface area contributed by atoms with Gasteiger partial charge in [0.2, 0.25) is 10.0 Å². The van der Waals surface area contributed by atoms with E-state index in [0.717, 1.165) is 47.4 Å². The topological polar surface area (TPSA) is 75.8 Å². The molecule has 1 aliphatic rings. The average Bonchev–Trinajstić information content (AvgIpc) is 3.11. The van der Waals surface area contributed by atoms with Crippen molar-refractivity contribution in [2.45, 2.75) is 25.9 Å². The number of aromatic nitrogens is 2. The Bertz CT molecular complexity index is 1430. The van der Waals surface area contributed by atoms with Crippen LogP contribution in [0.5, 0.6) is 0 Å². The molecule has 1 N–H and O–H groups in total. The number of aliphatic imine (C=N–C) groups is 1. The molecule has 1 aliphatic heterocycles. The zero-order chi connectivity index (χ0) is 24.7. The summed E-state index contributed by atoms with van der Waals surface area (Å²) in [5.41, 5.74) is 1.99. The monoisotopic (exact) mass is 528 g/mol. The molecule has 0 amide bonds. The van der Waals surface area contributed by atoms with Crippen LogP contribution in [0, 0.1) is 6.92 Å². The molecule has 4 rings (SSSR count). The predicted molar refractivity (Wildman–Crippen MR) is 131 cm³/mol. The maximum atomic E-state index is 13.2. The standard InChI is InChI=1S/C22H20ClF3N4O2S2/c1-13-9-15(29-34(2,31)32)6-7-16(13)21-27-8-4-3-5-19(33-21)18-12-30-11-14(22(24,25)26)10-17(23)20(30)28-18/h5-7,9-12,29H,3-4,8H2,1-2H3. The molecular formula is C22H20ClF3N4O2S2. The lowest BCUT2D eigenvalue weighted by atomic mass is 10.1. The largest absolute Gasteiger partial charge is 0.417 e. The number of imidazole rings is 1. The number of benzene rings is 1. The predicted octanol–water partition coefficient (Wildman–Crippen LogP) is 6.00. The van der Waals surface area contributed by atoms with Crippen molar-refractivity contribution in [1.82, 2.24) is 9.38 Å². The van der Waals surface area contributed by atoms with E-state index in [1.54, 1.807) is 18.2 Å². The number of aryl methyl sites for hydroxylation is 1. The van der Waals surface area contributed by atoms with E-state index < -0.39 is 21.8 Å². The summed E-state index contributed by atoms with van der Waals surface area (Å²) in [7, 11) is -3.40. The fourth-order valence-corrected chi connectivity index (χ4v) is 5.41. The van der Waals surface area contributed by atoms with Gasteiger partial charge in [-0.25, -0.2) is 13.4 Å². The van der Waals surface area contributed by atoms with Crippen LogP contribution in [0.4, 0.5) is 18.9 Å². The van der Waals surface area contributed by atoms with E-state index in [4.69, 9.17) is 16.6 Å². The van der Waals surface area contributed by atoms with Gasteiger partial charge < -0.3 is 4.40 Å². The lowest BCUT2D eigenvalue weighted by Crippen LogP contribution is -2.10. The number of hydrogen-bond donors (Lipinski definition) is 1. The number of halogens is 4. The molecule has 0 atom stereocenters. The molecule has 0 fully saturated rings. The number of fused-ring (bicyclic) bond motifs is 1. The molecule has 2 aromatic heterocycles. The van der Waals surface area contributed by atoms with Gasteiger partial charge in [0.25, 0.3) is 0 Å². The van der Waals surface area contributed by atoms with Crippen molar-refractivity contribution >= 4 is 54.7 Å². The third kappa shape index (κ3) is 5.59. The molecule has 0 radical (unpaired) electrons. The maximum absolute atomic E-state index is 13.2. The molecule has 3 aromatic rings. The number of rotatable bonds is 4. The van der Waals surface area contributed by atoms with Gasteiger partial charge in [-0.1, -0.05) is 29.4 Å². The summed E-state index contributed by atoms with van der Waals surface area (Å²) in [4.78, 5) is 9.94. The van der Waals surface area contributed by atoms with E-state index in [2.05, 4.69) is 9.71 Å². The van der Waals surface area contributed by atoms with Gasteiger partial charge >= 0.3 is 6.18 Å². The van der Waals surface area contributed by atoms with Crippen LogP contribution >= 0.6 is 23.4 Å². The number of nitrogens with one attached hydrogen (secondary N) is 1. The van der Waals surface area contributed by atoms with Crippen LogP contribution in [-0.2, 0) is 16.2 Å². The minimum Gasteiger partial charge on any atom is -0.305 e. The Morgan fingerprint density at radius 3 is 2.65 bits per heavy atom. The second-order valence-electron chi connectivity index (χ2n) is 7.83. The van der Waals surface area contributed by atoms with E-state index in [1.807, 2.05) is 13.0 Å². The van der Waals surface area contributed by atoms with Gasteiger partial charge in [0.1, 0.15) is 5.04 Å². The Hall–Kier alpha value is -2.50. The lowest BCUT2D eigenvalue weighted by molar-refractivity contribution is -0.137. The Morgan fingerprint density at radius 2 is 1.97 bits per heavy atom. The van der Waals surface area contributed by atoms with Crippen LogP contribution < -0.4 is 4.72 Å². The Kier molecular flexibility index (Phi) is 6.71. The highest BCUT2D eigenvalue weighted by Crippen LogP contribution is 2.36. The minimum absolute atomic E-state index is 0.0868. The molecule has 34 heavy (non-hydrogen) atoms. The van der Waals surface area contributed by atoms with Crippen molar-refractivity contribution in [3.8, 4) is 0 Å². The minimum atomic E-state index is -4.52. The van der Waals surface area contributed by atoms with Crippen molar-refractivity contribution in [3.05, 3.63) is 70.1 Å². The van der Waals surface area contributed by atoms with Gasteiger partial charge in [0.05, 0.1) is 22.5 Å². The zero-order valence-corrected chi connectivity index (χ0v) is 20.5. The summed E-state index contributed by atoms with van der Waals surface area (Å²) in [5.74, 6) is 0. The number of sulfonamides is 1. The first-order valence-electron chi connectivity index (χ1n) is 10.2. The smallest absolute Gasteiger partial charge is 0.305 e. The van der Waals surface area contributed by atoms with Crippen LogP contribution in [0.1, 0.15) is 35.2 Å². The third-order valence-electron chi connectivity index (χ3n) is 5.00. The van der Waals surface area contributed by atoms with Crippen molar-refractivity contribution in [2.24, 2.45) is 4.99 Å². The van der Waals surface area contributed by atoms with Gasteiger partial charge in [-0.2, -0.15) is 13.2 Å². The van der Waals surface area contributed by atoms with Crippen LogP contribution in [0.15, 0.2) is 47.7 Å². The molecule has 0 bridgehead atoms. The number of anilines is 1. The van der Waals surface area contributed by atoms with Gasteiger partial charge in [-0.05, 0) is 49.6 Å². The molecule has 0 saturated carbocycles. The summed E-state index contributed by atoms with van der Waals surface area (Å²) >= 11 is 7.47. The highest BCUT2D eigenvalue weighted by molar-refractivity contribution is 8.22. The number of hydrogen-bond acceptors (Lipinski definition) is 5. The molecule has 12 heteroatoms. The average molecular weight is 529 g/mol. The Balaban J connectivity index is 1.69. The number of alkyl halides is 3. The second kappa shape index (κ2) is 9.27. The lowest BCUT2D eigenvalue weighted by Gasteiger charge is -2.15. The summed E-state index contributed by atoms with van der Waals surface area (Å²) in [6, 6.07) is 6.06. The molecule has 180 valence electrons. The van der Waals surface area contributed by atoms with Gasteiger partial charge in [0.15, 0.2) is 5.65 Å². The summed E-state index contributed by atoms with van der Waals surface area (Å²) in [5, 5.41) is 0.629. The number of nitrogens with zero attached hydrogens (tertiary/aromatic N) is 3. The first kappa shape index (κ1) is 24.6. The molecular weight excluding hydrogens is 509 g/mol. The summed E-state index contributed by atoms with van der Waals surface area (Å²) < 4.78 is 66.4. The Morgan fingerprint density at radius 1 is 1.21 bits per heavy atom. The van der Waals surface area contributed by atoms with Crippen molar-refractivity contribution in [2.75, 3.05) is 17.5 Å². The van der Waals surface area contributed by atoms with Crippen molar-refractivity contribution < 1.29 is 21.6 Å².